The minimum absolute atomic E-state index is 0.330. The van der Waals surface area contributed by atoms with Gasteiger partial charge in [0.2, 0.25) is 0 Å². The number of ether oxygens (including phenoxy) is 1. The van der Waals surface area contributed by atoms with Gasteiger partial charge in [-0.1, -0.05) is 23.9 Å². The van der Waals surface area contributed by atoms with Crippen molar-refractivity contribution in [3.05, 3.63) is 53.1 Å². The van der Waals surface area contributed by atoms with Crippen LogP contribution in [0.1, 0.15) is 34.2 Å². The van der Waals surface area contributed by atoms with E-state index in [-0.39, 0.29) is 5.97 Å². The molecule has 10 heteroatoms. The molecule has 0 radical (unpaired) electrons. The Hall–Kier alpha value is -3.40. The molecule has 2 heterocycles. The summed E-state index contributed by atoms with van der Waals surface area (Å²) in [5, 5.41) is 20.2. The second kappa shape index (κ2) is 9.88. The Labute approximate surface area is 178 Å². The first-order valence-corrected chi connectivity index (χ1v) is 10.5. The monoisotopic (exact) mass is 425 g/mol. The average molecular weight is 426 g/mol. The second-order valence-corrected chi connectivity index (χ2v) is 7.12. The summed E-state index contributed by atoms with van der Waals surface area (Å²) < 4.78 is 5.04. The van der Waals surface area contributed by atoms with Gasteiger partial charge >= 0.3 is 5.97 Å². The van der Waals surface area contributed by atoms with E-state index in [0.717, 1.165) is 22.5 Å². The van der Waals surface area contributed by atoms with Crippen molar-refractivity contribution in [2.24, 2.45) is 10.2 Å². The number of nitrogens with one attached hydrogen (secondary N) is 3. The quantitative estimate of drug-likeness (QED) is 0.239. The van der Waals surface area contributed by atoms with Crippen LogP contribution in [0.15, 0.2) is 40.8 Å². The van der Waals surface area contributed by atoms with E-state index < -0.39 is 0 Å². The van der Waals surface area contributed by atoms with Gasteiger partial charge < -0.3 is 20.0 Å². The highest BCUT2D eigenvalue weighted by Gasteiger charge is 2.13. The first kappa shape index (κ1) is 21.3. The molecule has 0 saturated heterocycles. The summed E-state index contributed by atoms with van der Waals surface area (Å²) in [6.45, 7) is 5.92. The summed E-state index contributed by atoms with van der Waals surface area (Å²) in [5.74, 6) is 0.334. The van der Waals surface area contributed by atoms with Gasteiger partial charge in [0, 0.05) is 16.9 Å². The van der Waals surface area contributed by atoms with Gasteiger partial charge in [-0.15, -0.1) is 15.3 Å². The number of aromatic nitrogens is 4. The third-order valence-electron chi connectivity index (χ3n) is 4.24. The van der Waals surface area contributed by atoms with Crippen LogP contribution in [0.4, 0.5) is 5.69 Å². The lowest BCUT2D eigenvalue weighted by Gasteiger charge is -2.10. The number of amidine groups is 1. The number of benzene rings is 1. The van der Waals surface area contributed by atoms with E-state index in [4.69, 9.17) is 4.74 Å². The average Bonchev–Trinajstić information content (AvgIpc) is 3.39. The van der Waals surface area contributed by atoms with Crippen molar-refractivity contribution in [2.45, 2.75) is 20.8 Å². The van der Waals surface area contributed by atoms with Crippen LogP contribution in [0.3, 0.4) is 0 Å². The summed E-state index contributed by atoms with van der Waals surface area (Å²) in [7, 11) is 0. The molecule has 0 atom stereocenters. The zero-order chi connectivity index (χ0) is 21.5. The largest absolute Gasteiger partial charge is 0.462 e. The Morgan fingerprint density at radius 2 is 2.17 bits per heavy atom. The fraction of sp³-hybridized carbons (Fsp3) is 0.250. The Bertz CT molecular complexity index is 1070. The maximum atomic E-state index is 11.9. The normalized spacial score (nSPS) is 11.8. The van der Waals surface area contributed by atoms with Gasteiger partial charge in [-0.2, -0.15) is 5.10 Å². The van der Waals surface area contributed by atoms with Gasteiger partial charge in [0.25, 0.3) is 0 Å². The Morgan fingerprint density at radius 1 is 1.33 bits per heavy atom. The number of aromatic amines is 2. The highest BCUT2D eigenvalue weighted by molar-refractivity contribution is 8.13. The Morgan fingerprint density at radius 3 is 2.87 bits per heavy atom. The molecule has 0 amide bonds. The topological polar surface area (TPSA) is 120 Å². The number of hydrogen-bond donors (Lipinski definition) is 3. The van der Waals surface area contributed by atoms with Crippen molar-refractivity contribution >= 4 is 34.8 Å². The lowest BCUT2D eigenvalue weighted by molar-refractivity contribution is 0.0525. The summed E-state index contributed by atoms with van der Waals surface area (Å²) in [4.78, 5) is 18.0. The number of hydrogen-bond acceptors (Lipinski definition) is 7. The first-order valence-electron chi connectivity index (χ1n) is 9.27. The Balaban J connectivity index is 1.75. The SMILES string of the molecule is CCOC(=O)c1cc(/C=N/N=C(/Nc2cc(-c3nnc[nH]3)ccc2C)SC)[nH]c1C. The number of thioether (sulfide) groups is 1. The number of H-pyrrole nitrogens is 2. The van der Waals surface area contributed by atoms with Crippen molar-refractivity contribution in [3.63, 3.8) is 0 Å². The number of anilines is 1. The van der Waals surface area contributed by atoms with Crippen LogP contribution in [0.25, 0.3) is 11.4 Å². The molecule has 3 aromatic rings. The molecule has 3 N–H and O–H groups in total. The molecule has 0 bridgehead atoms. The van der Waals surface area contributed by atoms with E-state index in [2.05, 4.69) is 35.7 Å². The predicted octanol–water partition coefficient (Wildman–Crippen LogP) is 3.76. The van der Waals surface area contributed by atoms with Crippen LogP contribution in [-0.2, 0) is 4.74 Å². The van der Waals surface area contributed by atoms with Crippen LogP contribution in [-0.4, -0.2) is 50.4 Å². The third-order valence-corrected chi connectivity index (χ3v) is 4.81. The van der Waals surface area contributed by atoms with Gasteiger partial charge in [0.1, 0.15) is 6.33 Å². The molecule has 0 aliphatic heterocycles. The van der Waals surface area contributed by atoms with E-state index in [9.17, 15) is 4.79 Å². The van der Waals surface area contributed by atoms with E-state index in [0.29, 0.717) is 28.9 Å². The van der Waals surface area contributed by atoms with Crippen LogP contribution < -0.4 is 5.32 Å². The minimum Gasteiger partial charge on any atom is -0.462 e. The van der Waals surface area contributed by atoms with Crippen LogP contribution in [0, 0.1) is 13.8 Å². The summed E-state index contributed by atoms with van der Waals surface area (Å²) in [6.07, 6.45) is 5.02. The van der Waals surface area contributed by atoms with Crippen LogP contribution in [0.5, 0.6) is 0 Å². The van der Waals surface area contributed by atoms with Gasteiger partial charge in [-0.05, 0) is 44.7 Å². The third kappa shape index (κ3) is 5.15. The zero-order valence-electron chi connectivity index (χ0n) is 17.2. The van der Waals surface area contributed by atoms with Crippen molar-refractivity contribution in [2.75, 3.05) is 18.2 Å². The number of aryl methyl sites for hydroxylation is 2. The van der Waals surface area contributed by atoms with Crippen LogP contribution >= 0.6 is 11.8 Å². The Kier molecular flexibility index (Phi) is 7.02. The van der Waals surface area contributed by atoms with Crippen molar-refractivity contribution in [3.8, 4) is 11.4 Å². The first-order chi connectivity index (χ1) is 14.5. The van der Waals surface area contributed by atoms with Crippen LogP contribution in [0.2, 0.25) is 0 Å². The molecule has 3 rings (SSSR count). The molecule has 0 spiro atoms. The molecule has 0 aliphatic rings. The maximum Gasteiger partial charge on any atom is 0.339 e. The minimum atomic E-state index is -0.358. The fourth-order valence-electron chi connectivity index (χ4n) is 2.70. The smallest absolute Gasteiger partial charge is 0.339 e. The number of esters is 1. The van der Waals surface area contributed by atoms with Gasteiger partial charge in [-0.25, -0.2) is 4.79 Å². The van der Waals surface area contributed by atoms with E-state index in [1.807, 2.05) is 38.3 Å². The maximum absolute atomic E-state index is 11.9. The predicted molar refractivity (Wildman–Crippen MR) is 120 cm³/mol. The standard InChI is InChI=1S/C20H23N7O2S/c1-5-29-19(28)16-9-15(24-13(16)3)10-22-27-20(30-4)25-17-8-14(7-6-12(17)2)18-21-11-23-26-18/h6-11,24H,5H2,1-4H3,(H,25,27)(H,21,23,26)/b22-10+. The molecule has 0 aliphatic carbocycles. The van der Waals surface area contributed by atoms with E-state index in [1.54, 1.807) is 25.5 Å². The number of carbonyl (C=O) groups is 1. The van der Waals surface area contributed by atoms with Crippen molar-refractivity contribution < 1.29 is 9.53 Å². The van der Waals surface area contributed by atoms with Gasteiger partial charge in [-0.3, -0.25) is 0 Å². The lowest BCUT2D eigenvalue weighted by Crippen LogP contribution is -2.08. The number of carbonyl (C=O) groups excluding carboxylic acids is 1. The number of rotatable bonds is 6. The molecule has 30 heavy (non-hydrogen) atoms. The second-order valence-electron chi connectivity index (χ2n) is 6.33. The van der Waals surface area contributed by atoms with E-state index >= 15 is 0 Å². The molecule has 156 valence electrons. The van der Waals surface area contributed by atoms with Gasteiger partial charge in [0.15, 0.2) is 11.0 Å². The highest BCUT2D eigenvalue weighted by atomic mass is 32.2. The lowest BCUT2D eigenvalue weighted by atomic mass is 10.1. The molecular weight excluding hydrogens is 402 g/mol. The summed E-state index contributed by atoms with van der Waals surface area (Å²) in [6, 6.07) is 7.65. The zero-order valence-corrected chi connectivity index (χ0v) is 18.0. The molecule has 0 saturated carbocycles. The molecule has 0 fully saturated rings. The number of nitrogens with zero attached hydrogens (tertiary/aromatic N) is 4. The molecule has 9 nitrogen and oxygen atoms in total. The molecule has 0 unspecified atom stereocenters. The summed E-state index contributed by atoms with van der Waals surface area (Å²) >= 11 is 1.44. The highest BCUT2D eigenvalue weighted by Crippen LogP contribution is 2.23. The van der Waals surface area contributed by atoms with Crippen molar-refractivity contribution in [1.82, 2.24) is 20.2 Å². The molecular formula is C20H23N7O2S. The molecule has 2 aromatic heterocycles. The fourth-order valence-corrected chi connectivity index (χ4v) is 3.04. The van der Waals surface area contributed by atoms with Gasteiger partial charge in [0.05, 0.1) is 24.1 Å². The van der Waals surface area contributed by atoms with E-state index in [1.165, 1.54) is 11.8 Å². The summed E-state index contributed by atoms with van der Waals surface area (Å²) in [5.41, 5.74) is 4.75. The molecule has 1 aromatic carbocycles. The van der Waals surface area contributed by atoms with Crippen molar-refractivity contribution in [1.29, 1.82) is 0 Å².